The molecule has 0 bridgehead atoms. The molecule has 0 radical (unpaired) electrons. The summed E-state index contributed by atoms with van der Waals surface area (Å²) in [6.07, 6.45) is 0. The molecule has 0 saturated heterocycles. The first-order chi connectivity index (χ1) is 13.0. The highest BCUT2D eigenvalue weighted by Crippen LogP contribution is 1.97. The third-order valence-electron chi connectivity index (χ3n) is 3.36. The lowest BCUT2D eigenvalue weighted by Gasteiger charge is -2.27. The molecule has 0 aliphatic carbocycles. The van der Waals surface area contributed by atoms with Crippen LogP contribution in [0.4, 0.5) is 0 Å². The lowest BCUT2D eigenvalue weighted by molar-refractivity contribution is -0.143. The summed E-state index contributed by atoms with van der Waals surface area (Å²) in [5.41, 5.74) is 0. The molecule has 28 heavy (non-hydrogen) atoms. The van der Waals surface area contributed by atoms with Gasteiger partial charge in [-0.15, -0.1) is 4.91 Å². The minimum atomic E-state index is -1.27. The average molecular weight is 406 g/mol. The fraction of sp³-hybridized carbons (Fsp3) is 0.643. The van der Waals surface area contributed by atoms with Gasteiger partial charge in [0, 0.05) is 31.4 Å². The number of rotatable bonds is 16. The van der Waals surface area contributed by atoms with Crippen molar-refractivity contribution in [3.8, 4) is 0 Å². The normalized spacial score (nSPS) is 11.0. The highest BCUT2D eigenvalue weighted by atomic mass is 16.4. The lowest BCUT2D eigenvalue weighted by Crippen LogP contribution is -2.45. The first kappa shape index (κ1) is 25.0. The van der Waals surface area contributed by atoms with Crippen LogP contribution in [0.25, 0.3) is 0 Å². The smallest absolute Gasteiger partial charge is 0.317 e. The van der Waals surface area contributed by atoms with E-state index in [4.69, 9.17) is 20.4 Å². The van der Waals surface area contributed by atoms with E-state index in [1.807, 2.05) is 0 Å². The number of carbonyl (C=O) groups is 5. The van der Waals surface area contributed by atoms with Crippen LogP contribution in [-0.4, -0.2) is 124 Å². The highest BCUT2D eigenvalue weighted by Gasteiger charge is 2.19. The van der Waals surface area contributed by atoms with Gasteiger partial charge in [-0.2, -0.15) is 0 Å². The van der Waals surface area contributed by atoms with Crippen molar-refractivity contribution in [3.05, 3.63) is 4.91 Å². The van der Waals surface area contributed by atoms with Gasteiger partial charge in [-0.05, 0) is 0 Å². The fourth-order valence-corrected chi connectivity index (χ4v) is 2.25. The number of carboxylic acid groups (broad SMARTS) is 4. The van der Waals surface area contributed by atoms with Crippen molar-refractivity contribution in [2.45, 2.75) is 0 Å². The second kappa shape index (κ2) is 13.2. The first-order valence-electron chi connectivity index (χ1n) is 7.94. The van der Waals surface area contributed by atoms with Gasteiger partial charge >= 0.3 is 23.9 Å². The average Bonchev–Trinajstić information content (AvgIpc) is 2.54. The molecule has 4 N–H and O–H groups in total. The van der Waals surface area contributed by atoms with Crippen molar-refractivity contribution < 1.29 is 44.4 Å². The van der Waals surface area contributed by atoms with Gasteiger partial charge in [0.25, 0.3) is 5.91 Å². The zero-order valence-electron chi connectivity index (χ0n) is 14.9. The molecule has 0 atom stereocenters. The summed E-state index contributed by atoms with van der Waals surface area (Å²) in [6, 6.07) is 0. The molecule has 158 valence electrons. The van der Waals surface area contributed by atoms with E-state index >= 15 is 0 Å². The van der Waals surface area contributed by atoms with Gasteiger partial charge in [0.1, 0.15) is 0 Å². The Morgan fingerprint density at radius 1 is 0.536 bits per heavy atom. The molecule has 0 heterocycles. The van der Waals surface area contributed by atoms with E-state index in [1.165, 1.54) is 4.90 Å². The molecule has 0 rings (SSSR count). The molecule has 0 aromatic carbocycles. The van der Waals surface area contributed by atoms with Crippen LogP contribution in [-0.2, 0) is 24.0 Å². The van der Waals surface area contributed by atoms with Gasteiger partial charge in [-0.1, -0.05) is 0 Å². The summed E-state index contributed by atoms with van der Waals surface area (Å²) in [7, 11) is 0. The number of aliphatic carboxylic acids is 4. The number of nitrogens with zero attached hydrogens (tertiary/aromatic N) is 4. The van der Waals surface area contributed by atoms with E-state index < -0.39 is 62.5 Å². The molecule has 0 aliphatic heterocycles. The number of hydrogen-bond donors (Lipinski definition) is 4. The Balaban J connectivity index is 4.92. The standard InChI is InChI=1S/C14H22N4O10/c19-10(15-28)5-17(7-12(22)23)3-1-16(6-11(20)21)2-4-18(8-13(24)25)9-14(26)27/h1-9H2,(H,20,21)(H,22,23)(H,24,25)(H,26,27). The molecule has 0 unspecified atom stereocenters. The minimum absolute atomic E-state index is 0.0202. The Labute approximate surface area is 158 Å². The number of carboxylic acids is 4. The maximum Gasteiger partial charge on any atom is 0.317 e. The van der Waals surface area contributed by atoms with Gasteiger partial charge < -0.3 is 20.4 Å². The predicted octanol–water partition coefficient (Wildman–Crippen LogP) is -2.48. The molecule has 0 aromatic rings. The monoisotopic (exact) mass is 406 g/mol. The summed E-state index contributed by atoms with van der Waals surface area (Å²) in [4.78, 5) is 68.2. The zero-order valence-corrected chi connectivity index (χ0v) is 14.9. The SMILES string of the molecule is O=NC(=O)CN(CCN(CCN(CC(=O)O)CC(=O)O)CC(=O)O)CC(=O)O. The van der Waals surface area contributed by atoms with Gasteiger partial charge in [0.15, 0.2) is 0 Å². The second-order valence-electron chi connectivity index (χ2n) is 5.76. The Bertz CT molecular complexity index is 581. The lowest BCUT2D eigenvalue weighted by atomic mass is 10.3. The molecule has 0 spiro atoms. The Hall–Kier alpha value is -2.97. The Kier molecular flexibility index (Phi) is 11.8. The molecule has 14 nitrogen and oxygen atoms in total. The molecule has 0 aliphatic rings. The van der Waals surface area contributed by atoms with Crippen molar-refractivity contribution in [1.29, 1.82) is 0 Å². The summed E-state index contributed by atoms with van der Waals surface area (Å²) < 4.78 is 0. The van der Waals surface area contributed by atoms with Crippen molar-refractivity contribution in [2.24, 2.45) is 5.18 Å². The van der Waals surface area contributed by atoms with Gasteiger partial charge in [-0.25, -0.2) is 0 Å². The van der Waals surface area contributed by atoms with Crippen LogP contribution in [0.5, 0.6) is 0 Å². The van der Waals surface area contributed by atoms with E-state index in [-0.39, 0.29) is 26.2 Å². The number of hydrogen-bond acceptors (Lipinski definition) is 9. The van der Waals surface area contributed by atoms with E-state index in [0.717, 1.165) is 9.80 Å². The molecule has 0 saturated carbocycles. The van der Waals surface area contributed by atoms with Crippen molar-refractivity contribution >= 4 is 29.8 Å². The summed E-state index contributed by atoms with van der Waals surface area (Å²) in [6.45, 7) is -2.93. The van der Waals surface area contributed by atoms with Gasteiger partial charge in [-0.3, -0.25) is 38.7 Å². The Morgan fingerprint density at radius 2 is 0.821 bits per heavy atom. The third-order valence-corrected chi connectivity index (χ3v) is 3.36. The zero-order chi connectivity index (χ0) is 21.7. The van der Waals surface area contributed by atoms with Crippen LogP contribution in [0.2, 0.25) is 0 Å². The molecule has 14 heteroatoms. The molecular formula is C14H22N4O10. The van der Waals surface area contributed by atoms with E-state index in [2.05, 4.69) is 5.18 Å². The van der Waals surface area contributed by atoms with Crippen LogP contribution in [0, 0.1) is 4.91 Å². The summed E-state index contributed by atoms with van der Waals surface area (Å²) in [5, 5.41) is 37.6. The maximum absolute atomic E-state index is 11.1. The second-order valence-corrected chi connectivity index (χ2v) is 5.76. The fourth-order valence-electron chi connectivity index (χ4n) is 2.25. The number of amides is 1. The maximum atomic E-state index is 11.1. The molecule has 1 amide bonds. The minimum Gasteiger partial charge on any atom is -0.480 e. The third kappa shape index (κ3) is 13.3. The summed E-state index contributed by atoms with van der Waals surface area (Å²) >= 11 is 0. The van der Waals surface area contributed by atoms with Crippen molar-refractivity contribution in [3.63, 3.8) is 0 Å². The molecule has 0 aromatic heterocycles. The first-order valence-corrected chi connectivity index (χ1v) is 7.94. The van der Waals surface area contributed by atoms with Crippen LogP contribution < -0.4 is 0 Å². The Morgan fingerprint density at radius 3 is 1.14 bits per heavy atom. The van der Waals surface area contributed by atoms with Gasteiger partial charge in [0.05, 0.1) is 32.7 Å². The van der Waals surface area contributed by atoms with Crippen LogP contribution >= 0.6 is 0 Å². The van der Waals surface area contributed by atoms with Crippen LogP contribution in [0.15, 0.2) is 5.18 Å². The quantitative estimate of drug-likeness (QED) is 0.196. The summed E-state index contributed by atoms with van der Waals surface area (Å²) in [5.74, 6) is -6.06. The molecular weight excluding hydrogens is 384 g/mol. The van der Waals surface area contributed by atoms with E-state index in [0.29, 0.717) is 0 Å². The topological polar surface area (TPSA) is 205 Å². The van der Waals surface area contributed by atoms with Crippen molar-refractivity contribution in [2.75, 3.05) is 58.9 Å². The highest BCUT2D eigenvalue weighted by molar-refractivity contribution is 5.79. The predicted molar refractivity (Wildman–Crippen MR) is 90.7 cm³/mol. The van der Waals surface area contributed by atoms with Crippen molar-refractivity contribution in [1.82, 2.24) is 14.7 Å². The van der Waals surface area contributed by atoms with Gasteiger partial charge in [0.2, 0.25) is 0 Å². The van der Waals surface area contributed by atoms with E-state index in [1.54, 1.807) is 0 Å². The number of carbonyl (C=O) groups excluding carboxylic acids is 1. The molecule has 0 fully saturated rings. The van der Waals surface area contributed by atoms with Crippen LogP contribution in [0.3, 0.4) is 0 Å². The largest absolute Gasteiger partial charge is 0.480 e. The van der Waals surface area contributed by atoms with E-state index in [9.17, 15) is 28.9 Å². The van der Waals surface area contributed by atoms with Crippen LogP contribution in [0.1, 0.15) is 0 Å². The number of nitroso groups, excluding NO2 is 1.